The number of anilines is 1. The van der Waals surface area contributed by atoms with Gasteiger partial charge in [0.15, 0.2) is 5.82 Å². The van der Waals surface area contributed by atoms with Gasteiger partial charge in [-0.25, -0.2) is 9.97 Å². The van der Waals surface area contributed by atoms with Crippen molar-refractivity contribution >= 4 is 41.9 Å². The molecule has 0 radical (unpaired) electrons. The molecule has 1 aliphatic rings. The summed E-state index contributed by atoms with van der Waals surface area (Å²) in [6.07, 6.45) is 3.43. The van der Waals surface area contributed by atoms with Crippen LogP contribution in [0, 0.1) is 0 Å². The number of aromatic nitrogens is 3. The predicted molar refractivity (Wildman–Crippen MR) is 116 cm³/mol. The number of morpholine rings is 1. The average Bonchev–Trinajstić information content (AvgIpc) is 2.72. The van der Waals surface area contributed by atoms with Gasteiger partial charge in [-0.15, -0.1) is 0 Å². The van der Waals surface area contributed by atoms with Crippen LogP contribution in [0.15, 0.2) is 36.7 Å². The number of halogens is 1. The summed E-state index contributed by atoms with van der Waals surface area (Å²) in [6.45, 7) is 3.05. The van der Waals surface area contributed by atoms with Crippen LogP contribution < -0.4 is 15.4 Å². The van der Waals surface area contributed by atoms with E-state index < -0.39 is 0 Å². The van der Waals surface area contributed by atoms with Gasteiger partial charge in [0.25, 0.3) is 0 Å². The lowest BCUT2D eigenvalue weighted by Crippen LogP contribution is -2.42. The van der Waals surface area contributed by atoms with Crippen molar-refractivity contribution in [1.29, 1.82) is 0 Å². The SMILES string of the molecule is COc1ccc(-c2cc3nccnc3c(NC[C@@H]3CNCCO3)n2)cc1Cl.S. The zero-order valence-corrected chi connectivity index (χ0v) is 17.2. The van der Waals surface area contributed by atoms with Crippen LogP contribution in [-0.4, -0.2) is 54.4 Å². The second kappa shape index (κ2) is 9.38. The number of methoxy groups -OCH3 is 1. The Bertz CT molecular complexity index is 953. The number of rotatable bonds is 5. The molecule has 0 unspecified atom stereocenters. The van der Waals surface area contributed by atoms with Crippen molar-refractivity contribution in [1.82, 2.24) is 20.3 Å². The molecule has 0 amide bonds. The van der Waals surface area contributed by atoms with Gasteiger partial charge in [0, 0.05) is 37.6 Å². The van der Waals surface area contributed by atoms with Gasteiger partial charge < -0.3 is 20.1 Å². The summed E-state index contributed by atoms with van der Waals surface area (Å²) in [6, 6.07) is 7.50. The molecule has 3 heterocycles. The third kappa shape index (κ3) is 4.47. The Morgan fingerprint density at radius 3 is 2.89 bits per heavy atom. The third-order valence-corrected chi connectivity index (χ3v) is 4.70. The summed E-state index contributed by atoms with van der Waals surface area (Å²) >= 11 is 6.28. The first kappa shape index (κ1) is 20.6. The summed E-state index contributed by atoms with van der Waals surface area (Å²) in [7, 11) is 1.59. The molecule has 1 atom stereocenters. The number of hydrogen-bond acceptors (Lipinski definition) is 7. The number of benzene rings is 1. The summed E-state index contributed by atoms with van der Waals surface area (Å²) in [5, 5.41) is 7.23. The van der Waals surface area contributed by atoms with Crippen LogP contribution in [0.4, 0.5) is 5.82 Å². The second-order valence-electron chi connectivity index (χ2n) is 6.21. The van der Waals surface area contributed by atoms with E-state index in [-0.39, 0.29) is 19.6 Å². The van der Waals surface area contributed by atoms with Crippen molar-refractivity contribution < 1.29 is 9.47 Å². The second-order valence-corrected chi connectivity index (χ2v) is 6.61. The average molecular weight is 420 g/mol. The fourth-order valence-corrected chi connectivity index (χ4v) is 3.29. The molecule has 1 aromatic carbocycles. The monoisotopic (exact) mass is 419 g/mol. The van der Waals surface area contributed by atoms with E-state index in [0.29, 0.717) is 29.7 Å². The Hall–Kier alpha value is -2.13. The Balaban J connectivity index is 0.00000225. The van der Waals surface area contributed by atoms with E-state index >= 15 is 0 Å². The zero-order chi connectivity index (χ0) is 18.6. The lowest BCUT2D eigenvalue weighted by Gasteiger charge is -2.24. The molecule has 2 N–H and O–H groups in total. The Morgan fingerprint density at radius 1 is 1.29 bits per heavy atom. The maximum absolute atomic E-state index is 6.28. The highest BCUT2D eigenvalue weighted by atomic mass is 35.5. The van der Waals surface area contributed by atoms with E-state index in [1.807, 2.05) is 24.3 Å². The van der Waals surface area contributed by atoms with Crippen LogP contribution in [0.25, 0.3) is 22.3 Å². The van der Waals surface area contributed by atoms with Crippen molar-refractivity contribution in [3.63, 3.8) is 0 Å². The van der Waals surface area contributed by atoms with Gasteiger partial charge >= 0.3 is 0 Å². The molecule has 0 aliphatic carbocycles. The Morgan fingerprint density at radius 2 is 2.14 bits per heavy atom. The number of pyridine rings is 1. The van der Waals surface area contributed by atoms with Crippen molar-refractivity contribution in [3.8, 4) is 17.0 Å². The number of nitrogens with zero attached hydrogens (tertiary/aromatic N) is 3. The van der Waals surface area contributed by atoms with Crippen LogP contribution in [0.1, 0.15) is 0 Å². The topological polar surface area (TPSA) is 81.2 Å². The largest absolute Gasteiger partial charge is 0.495 e. The molecule has 7 nitrogen and oxygen atoms in total. The third-order valence-electron chi connectivity index (χ3n) is 4.41. The van der Waals surface area contributed by atoms with Crippen LogP contribution in [-0.2, 0) is 4.74 Å². The van der Waals surface area contributed by atoms with Crippen LogP contribution >= 0.6 is 25.1 Å². The van der Waals surface area contributed by atoms with Gasteiger partial charge in [-0.05, 0) is 24.3 Å². The molecule has 9 heteroatoms. The number of fused-ring (bicyclic) bond motifs is 1. The van der Waals surface area contributed by atoms with E-state index in [4.69, 9.17) is 26.1 Å². The molecule has 0 spiro atoms. The molecule has 0 bridgehead atoms. The first-order valence-corrected chi connectivity index (χ1v) is 9.14. The lowest BCUT2D eigenvalue weighted by atomic mass is 10.1. The summed E-state index contributed by atoms with van der Waals surface area (Å²) in [5.41, 5.74) is 3.13. The first-order chi connectivity index (χ1) is 13.2. The fraction of sp³-hybridized carbons (Fsp3) is 0.316. The minimum atomic E-state index is 0. The zero-order valence-electron chi connectivity index (χ0n) is 15.4. The quantitative estimate of drug-likeness (QED) is 0.658. The highest BCUT2D eigenvalue weighted by molar-refractivity contribution is 7.59. The van der Waals surface area contributed by atoms with Crippen LogP contribution in [0.2, 0.25) is 5.02 Å². The molecule has 3 aromatic rings. The van der Waals surface area contributed by atoms with Crippen LogP contribution in [0.5, 0.6) is 5.75 Å². The molecule has 1 aliphatic heterocycles. The van der Waals surface area contributed by atoms with E-state index in [0.717, 1.165) is 35.4 Å². The minimum absolute atomic E-state index is 0. The number of nitrogens with one attached hydrogen (secondary N) is 2. The Labute approximate surface area is 175 Å². The fourth-order valence-electron chi connectivity index (χ4n) is 3.03. The van der Waals surface area contributed by atoms with Crippen molar-refractivity contribution in [2.75, 3.05) is 38.7 Å². The molecule has 2 aromatic heterocycles. The lowest BCUT2D eigenvalue weighted by molar-refractivity contribution is 0.0372. The van der Waals surface area contributed by atoms with Gasteiger partial charge in [-0.1, -0.05) is 11.6 Å². The number of hydrogen-bond donors (Lipinski definition) is 2. The maximum atomic E-state index is 6.28. The summed E-state index contributed by atoms with van der Waals surface area (Å²) < 4.78 is 11.0. The van der Waals surface area contributed by atoms with E-state index in [2.05, 4.69) is 20.6 Å². The number of ether oxygens (including phenoxy) is 2. The van der Waals surface area contributed by atoms with Crippen molar-refractivity contribution in [2.24, 2.45) is 0 Å². The summed E-state index contributed by atoms with van der Waals surface area (Å²) in [4.78, 5) is 13.6. The highest BCUT2D eigenvalue weighted by Gasteiger charge is 2.16. The van der Waals surface area contributed by atoms with Crippen molar-refractivity contribution in [2.45, 2.75) is 6.10 Å². The highest BCUT2D eigenvalue weighted by Crippen LogP contribution is 2.31. The molecule has 28 heavy (non-hydrogen) atoms. The van der Waals surface area contributed by atoms with E-state index in [9.17, 15) is 0 Å². The first-order valence-electron chi connectivity index (χ1n) is 8.76. The van der Waals surface area contributed by atoms with E-state index in [1.54, 1.807) is 19.5 Å². The molecular formula is C19H22ClN5O2S. The standard InChI is InChI=1S/C19H20ClN5O2.H2S/c1-26-17-3-2-12(8-14(17)20)15-9-16-18(23-5-4-22-16)19(25-15)24-11-13-10-21-6-7-27-13;/h2-5,8-9,13,21H,6-7,10-11H2,1H3,(H,24,25);1H2/t13-;/m0./s1. The molecule has 148 valence electrons. The minimum Gasteiger partial charge on any atom is -0.495 e. The Kier molecular flexibility index (Phi) is 6.90. The smallest absolute Gasteiger partial charge is 0.154 e. The van der Waals surface area contributed by atoms with Crippen LogP contribution in [0.3, 0.4) is 0 Å². The van der Waals surface area contributed by atoms with Gasteiger partial charge in [-0.3, -0.25) is 4.98 Å². The van der Waals surface area contributed by atoms with Gasteiger partial charge in [0.05, 0.1) is 36.1 Å². The summed E-state index contributed by atoms with van der Waals surface area (Å²) in [5.74, 6) is 1.30. The molecule has 4 rings (SSSR count). The molecule has 1 fully saturated rings. The molecule has 0 saturated carbocycles. The van der Waals surface area contributed by atoms with Gasteiger partial charge in [0.1, 0.15) is 11.3 Å². The van der Waals surface area contributed by atoms with Gasteiger partial charge in [-0.2, -0.15) is 13.5 Å². The maximum Gasteiger partial charge on any atom is 0.154 e. The normalized spacial score (nSPS) is 16.4. The predicted octanol–water partition coefficient (Wildman–Crippen LogP) is 2.87. The molecular weight excluding hydrogens is 398 g/mol. The van der Waals surface area contributed by atoms with Gasteiger partial charge in [0.2, 0.25) is 0 Å². The van der Waals surface area contributed by atoms with Crippen molar-refractivity contribution in [3.05, 3.63) is 41.7 Å². The van der Waals surface area contributed by atoms with E-state index in [1.165, 1.54) is 0 Å². The molecule has 1 saturated heterocycles.